The lowest BCUT2D eigenvalue weighted by atomic mass is 9.94. The highest BCUT2D eigenvalue weighted by Gasteiger charge is 2.49. The first-order valence-corrected chi connectivity index (χ1v) is 7.38. The summed E-state index contributed by atoms with van der Waals surface area (Å²) in [7, 11) is 0. The van der Waals surface area contributed by atoms with Crippen LogP contribution in [-0.2, 0) is 4.79 Å². The maximum atomic E-state index is 12.5. The number of hydrogen-bond acceptors (Lipinski definition) is 4. The summed E-state index contributed by atoms with van der Waals surface area (Å²) in [6.07, 6.45) is 3.05. The lowest BCUT2D eigenvalue weighted by Gasteiger charge is -2.24. The standard InChI is InChI=1S/C13H16N2O3S/c1-7-10(6-19-14-7)12(16)15-5-8-3-2-4-9(8)11(15)13(17)18/h6,8-9,11H,2-5H2,1H3,(H,17,18)/t8-,9-,11+/m0/s1. The van der Waals surface area contributed by atoms with E-state index >= 15 is 0 Å². The average Bonchev–Trinajstić information content (AvgIpc) is 3.00. The molecule has 6 heteroatoms. The summed E-state index contributed by atoms with van der Waals surface area (Å²) in [6.45, 7) is 2.37. The van der Waals surface area contributed by atoms with Gasteiger partial charge in [-0.25, -0.2) is 4.79 Å². The molecule has 2 fully saturated rings. The van der Waals surface area contributed by atoms with Gasteiger partial charge in [0.2, 0.25) is 0 Å². The first kappa shape index (κ1) is 12.6. The SMILES string of the molecule is Cc1nscc1C(=O)N1C[C@@H]2CCC[C@@H]2[C@@H]1C(=O)O. The molecule has 19 heavy (non-hydrogen) atoms. The van der Waals surface area contributed by atoms with Gasteiger partial charge in [-0.2, -0.15) is 4.37 Å². The number of carboxylic acids is 1. The number of hydrogen-bond donors (Lipinski definition) is 1. The molecule has 1 N–H and O–H groups in total. The molecule has 2 heterocycles. The van der Waals surface area contributed by atoms with Crippen molar-refractivity contribution in [3.8, 4) is 0 Å². The van der Waals surface area contributed by atoms with Crippen molar-refractivity contribution in [1.82, 2.24) is 9.27 Å². The van der Waals surface area contributed by atoms with Crippen molar-refractivity contribution in [3.05, 3.63) is 16.6 Å². The minimum Gasteiger partial charge on any atom is -0.480 e. The minimum atomic E-state index is -0.872. The van der Waals surface area contributed by atoms with Crippen molar-refractivity contribution < 1.29 is 14.7 Å². The summed E-state index contributed by atoms with van der Waals surface area (Å²) < 4.78 is 4.10. The second-order valence-electron chi connectivity index (χ2n) is 5.41. The smallest absolute Gasteiger partial charge is 0.326 e. The van der Waals surface area contributed by atoms with E-state index in [1.54, 1.807) is 17.2 Å². The molecule has 5 nitrogen and oxygen atoms in total. The van der Waals surface area contributed by atoms with Crippen LogP contribution in [0, 0.1) is 18.8 Å². The lowest BCUT2D eigenvalue weighted by Crippen LogP contribution is -2.43. The number of fused-ring (bicyclic) bond motifs is 1. The molecule has 3 atom stereocenters. The monoisotopic (exact) mass is 280 g/mol. The van der Waals surface area contributed by atoms with Crippen LogP contribution in [0.5, 0.6) is 0 Å². The molecule has 1 aliphatic heterocycles. The van der Waals surface area contributed by atoms with Crippen LogP contribution in [0.25, 0.3) is 0 Å². The molecule has 1 saturated heterocycles. The predicted octanol–water partition coefficient (Wildman–Crippen LogP) is 1.78. The molecule has 1 aliphatic carbocycles. The van der Waals surface area contributed by atoms with E-state index in [2.05, 4.69) is 4.37 Å². The fourth-order valence-corrected chi connectivity index (χ4v) is 4.17. The maximum Gasteiger partial charge on any atom is 0.326 e. The first-order chi connectivity index (χ1) is 9.09. The van der Waals surface area contributed by atoms with Gasteiger partial charge in [-0.3, -0.25) is 4.79 Å². The second kappa shape index (κ2) is 4.59. The second-order valence-corrected chi connectivity index (χ2v) is 6.04. The van der Waals surface area contributed by atoms with Gasteiger partial charge < -0.3 is 10.0 Å². The molecule has 0 unspecified atom stereocenters. The van der Waals surface area contributed by atoms with Crippen LogP contribution < -0.4 is 0 Å². The number of carboxylic acid groups (broad SMARTS) is 1. The summed E-state index contributed by atoms with van der Waals surface area (Å²) in [6, 6.07) is -0.653. The Bertz CT molecular complexity index is 528. The highest BCUT2D eigenvalue weighted by molar-refractivity contribution is 7.03. The largest absolute Gasteiger partial charge is 0.480 e. The third-order valence-electron chi connectivity index (χ3n) is 4.38. The molecule has 1 amide bonds. The number of aliphatic carboxylic acids is 1. The molecule has 0 aromatic carbocycles. The summed E-state index contributed by atoms with van der Waals surface area (Å²) in [5.74, 6) is -0.554. The Kier molecular flexibility index (Phi) is 3.05. The number of carbonyl (C=O) groups is 2. The van der Waals surface area contributed by atoms with Gasteiger partial charge in [-0.15, -0.1) is 0 Å². The summed E-state index contributed by atoms with van der Waals surface area (Å²) in [4.78, 5) is 25.6. The van der Waals surface area contributed by atoms with E-state index in [1.165, 1.54) is 11.5 Å². The average molecular weight is 280 g/mol. The zero-order valence-electron chi connectivity index (χ0n) is 10.7. The molecular weight excluding hydrogens is 264 g/mol. The number of likely N-dealkylation sites (tertiary alicyclic amines) is 1. The van der Waals surface area contributed by atoms with Gasteiger partial charge in [-0.1, -0.05) is 6.42 Å². The molecule has 0 radical (unpaired) electrons. The first-order valence-electron chi connectivity index (χ1n) is 6.54. The molecule has 0 bridgehead atoms. The molecular formula is C13H16N2O3S. The quantitative estimate of drug-likeness (QED) is 0.896. The lowest BCUT2D eigenvalue weighted by molar-refractivity contribution is -0.142. The number of aromatic nitrogens is 1. The highest BCUT2D eigenvalue weighted by Crippen LogP contribution is 2.42. The fourth-order valence-electron chi connectivity index (χ4n) is 3.48. The summed E-state index contributed by atoms with van der Waals surface area (Å²) in [5.41, 5.74) is 1.24. The van der Waals surface area contributed by atoms with Crippen molar-refractivity contribution in [2.75, 3.05) is 6.54 Å². The molecule has 1 aromatic heterocycles. The third kappa shape index (κ3) is 1.94. The van der Waals surface area contributed by atoms with E-state index in [9.17, 15) is 14.7 Å². The van der Waals surface area contributed by atoms with Crippen LogP contribution in [0.4, 0.5) is 0 Å². The van der Waals surface area contributed by atoms with Crippen LogP contribution in [0.2, 0.25) is 0 Å². The summed E-state index contributed by atoms with van der Waals surface area (Å²) in [5, 5.41) is 11.2. The van der Waals surface area contributed by atoms with Gasteiger partial charge in [0.25, 0.3) is 5.91 Å². The van der Waals surface area contributed by atoms with Crippen LogP contribution in [0.1, 0.15) is 35.3 Å². The number of nitrogens with zero attached hydrogens (tertiary/aromatic N) is 2. The van der Waals surface area contributed by atoms with Crippen LogP contribution in [-0.4, -0.2) is 38.8 Å². The van der Waals surface area contributed by atoms with Crippen LogP contribution in [0.15, 0.2) is 5.38 Å². The Morgan fingerprint density at radius 1 is 1.47 bits per heavy atom. The van der Waals surface area contributed by atoms with E-state index in [4.69, 9.17) is 0 Å². The zero-order chi connectivity index (χ0) is 13.6. The van der Waals surface area contributed by atoms with E-state index < -0.39 is 12.0 Å². The molecule has 102 valence electrons. The Balaban J connectivity index is 1.90. The van der Waals surface area contributed by atoms with Gasteiger partial charge in [0.15, 0.2) is 0 Å². The number of carbonyl (C=O) groups excluding carboxylic acids is 1. The van der Waals surface area contributed by atoms with Crippen molar-refractivity contribution >= 4 is 23.4 Å². The van der Waals surface area contributed by atoms with Gasteiger partial charge in [0, 0.05) is 11.9 Å². The van der Waals surface area contributed by atoms with Crippen molar-refractivity contribution in [1.29, 1.82) is 0 Å². The minimum absolute atomic E-state index is 0.133. The van der Waals surface area contributed by atoms with Gasteiger partial charge >= 0.3 is 5.97 Å². The van der Waals surface area contributed by atoms with E-state index in [0.29, 0.717) is 23.7 Å². The molecule has 0 spiro atoms. The van der Waals surface area contributed by atoms with Gasteiger partial charge in [-0.05, 0) is 43.1 Å². The highest BCUT2D eigenvalue weighted by atomic mass is 32.1. The molecule has 1 saturated carbocycles. The number of rotatable bonds is 2. The van der Waals surface area contributed by atoms with Crippen molar-refractivity contribution in [2.45, 2.75) is 32.2 Å². The van der Waals surface area contributed by atoms with Crippen LogP contribution in [0.3, 0.4) is 0 Å². The Morgan fingerprint density at radius 2 is 2.26 bits per heavy atom. The zero-order valence-corrected chi connectivity index (χ0v) is 11.5. The van der Waals surface area contributed by atoms with E-state index in [-0.39, 0.29) is 11.8 Å². The normalized spacial score (nSPS) is 29.5. The van der Waals surface area contributed by atoms with Crippen molar-refractivity contribution in [3.63, 3.8) is 0 Å². The predicted molar refractivity (Wildman–Crippen MR) is 70.1 cm³/mol. The number of aryl methyl sites for hydroxylation is 1. The van der Waals surface area contributed by atoms with Gasteiger partial charge in [0.1, 0.15) is 6.04 Å². The van der Waals surface area contributed by atoms with Crippen LogP contribution >= 0.6 is 11.5 Å². The van der Waals surface area contributed by atoms with Crippen molar-refractivity contribution in [2.24, 2.45) is 11.8 Å². The molecule has 1 aromatic rings. The third-order valence-corrected chi connectivity index (χ3v) is 5.11. The Labute approximate surface area is 115 Å². The fraction of sp³-hybridized carbons (Fsp3) is 0.615. The maximum absolute atomic E-state index is 12.5. The Hall–Kier alpha value is -1.43. The van der Waals surface area contributed by atoms with E-state index in [1.807, 2.05) is 0 Å². The number of amides is 1. The molecule has 3 rings (SSSR count). The van der Waals surface area contributed by atoms with E-state index in [0.717, 1.165) is 19.3 Å². The summed E-state index contributed by atoms with van der Waals surface area (Å²) >= 11 is 1.24. The molecule has 2 aliphatic rings. The topological polar surface area (TPSA) is 70.5 Å². The Morgan fingerprint density at radius 3 is 2.89 bits per heavy atom. The van der Waals surface area contributed by atoms with Gasteiger partial charge in [0.05, 0.1) is 11.3 Å².